The Hall–Kier alpha value is -2.56. The van der Waals surface area contributed by atoms with Crippen LogP contribution in [-0.4, -0.2) is 18.4 Å². The Morgan fingerprint density at radius 3 is 2.86 bits per heavy atom. The molecule has 2 aromatic rings. The maximum atomic E-state index is 12.2. The standard InChI is InChI=1S/C17H18N2O3/c1-12-5-2-3-7-15(12)19-11-13(9-16(19)20)17(21)18-10-14-6-4-8-22-14/h2-8,13H,9-11H2,1H3,(H,18,21)/t13-/m0/s1. The Morgan fingerprint density at radius 1 is 1.32 bits per heavy atom. The topological polar surface area (TPSA) is 62.6 Å². The van der Waals surface area contributed by atoms with Crippen LogP contribution in [0.5, 0.6) is 0 Å². The average molecular weight is 298 g/mol. The fraction of sp³-hybridized carbons (Fsp3) is 0.294. The number of anilines is 1. The highest BCUT2D eigenvalue weighted by molar-refractivity contribution is 6.00. The maximum Gasteiger partial charge on any atom is 0.227 e. The lowest BCUT2D eigenvalue weighted by Gasteiger charge is -2.18. The summed E-state index contributed by atoms with van der Waals surface area (Å²) in [6.07, 6.45) is 1.82. The molecule has 22 heavy (non-hydrogen) atoms. The molecule has 1 saturated heterocycles. The summed E-state index contributed by atoms with van der Waals surface area (Å²) in [4.78, 5) is 26.1. The Labute approximate surface area is 128 Å². The van der Waals surface area contributed by atoms with Gasteiger partial charge in [0.1, 0.15) is 5.76 Å². The molecule has 2 amide bonds. The number of rotatable bonds is 4. The number of nitrogens with zero attached hydrogens (tertiary/aromatic N) is 1. The van der Waals surface area contributed by atoms with Crippen molar-refractivity contribution in [1.82, 2.24) is 5.32 Å². The van der Waals surface area contributed by atoms with E-state index in [1.807, 2.05) is 31.2 Å². The van der Waals surface area contributed by atoms with E-state index in [2.05, 4.69) is 5.32 Å². The normalized spacial score (nSPS) is 17.8. The zero-order valence-corrected chi connectivity index (χ0v) is 12.4. The van der Waals surface area contributed by atoms with Crippen LogP contribution in [0.1, 0.15) is 17.7 Å². The average Bonchev–Trinajstić information content (AvgIpc) is 3.15. The van der Waals surface area contributed by atoms with Crippen LogP contribution in [0.3, 0.4) is 0 Å². The first kappa shape index (κ1) is 14.4. The number of carbonyl (C=O) groups is 2. The van der Waals surface area contributed by atoms with Gasteiger partial charge in [0.2, 0.25) is 11.8 Å². The van der Waals surface area contributed by atoms with Crippen molar-refractivity contribution in [1.29, 1.82) is 0 Å². The van der Waals surface area contributed by atoms with Crippen LogP contribution in [0.25, 0.3) is 0 Å². The van der Waals surface area contributed by atoms with E-state index in [-0.39, 0.29) is 24.2 Å². The summed E-state index contributed by atoms with van der Waals surface area (Å²) in [6.45, 7) is 2.74. The summed E-state index contributed by atoms with van der Waals surface area (Å²) >= 11 is 0. The molecule has 0 bridgehead atoms. The zero-order valence-electron chi connectivity index (χ0n) is 12.4. The summed E-state index contributed by atoms with van der Waals surface area (Å²) in [5.74, 6) is 0.267. The smallest absolute Gasteiger partial charge is 0.227 e. The highest BCUT2D eigenvalue weighted by Gasteiger charge is 2.35. The molecule has 0 radical (unpaired) electrons. The van der Waals surface area contributed by atoms with Crippen LogP contribution >= 0.6 is 0 Å². The fourth-order valence-corrected chi connectivity index (χ4v) is 2.71. The van der Waals surface area contributed by atoms with E-state index in [0.717, 1.165) is 11.3 Å². The van der Waals surface area contributed by atoms with E-state index in [0.29, 0.717) is 18.8 Å². The molecule has 0 spiro atoms. The first-order valence-corrected chi connectivity index (χ1v) is 7.31. The number of aryl methyl sites for hydroxylation is 1. The van der Waals surface area contributed by atoms with Gasteiger partial charge < -0.3 is 14.6 Å². The Kier molecular flexibility index (Phi) is 3.96. The van der Waals surface area contributed by atoms with Gasteiger partial charge in [-0.1, -0.05) is 18.2 Å². The van der Waals surface area contributed by atoms with Crippen molar-refractivity contribution in [3.63, 3.8) is 0 Å². The first-order chi connectivity index (χ1) is 10.6. The van der Waals surface area contributed by atoms with Crippen molar-refractivity contribution in [2.45, 2.75) is 19.9 Å². The van der Waals surface area contributed by atoms with Gasteiger partial charge in [0.25, 0.3) is 0 Å². The second-order valence-electron chi connectivity index (χ2n) is 5.49. The lowest BCUT2D eigenvalue weighted by molar-refractivity contribution is -0.126. The van der Waals surface area contributed by atoms with Crippen LogP contribution in [0.2, 0.25) is 0 Å². The van der Waals surface area contributed by atoms with Gasteiger partial charge in [-0.05, 0) is 30.7 Å². The molecule has 0 saturated carbocycles. The molecule has 114 valence electrons. The van der Waals surface area contributed by atoms with Gasteiger partial charge in [-0.15, -0.1) is 0 Å². The van der Waals surface area contributed by atoms with E-state index in [1.54, 1.807) is 23.3 Å². The van der Waals surface area contributed by atoms with E-state index in [4.69, 9.17) is 4.42 Å². The van der Waals surface area contributed by atoms with Gasteiger partial charge in [-0.3, -0.25) is 9.59 Å². The predicted octanol–water partition coefficient (Wildman–Crippen LogP) is 2.26. The molecular weight excluding hydrogens is 280 g/mol. The number of benzene rings is 1. The van der Waals surface area contributed by atoms with Crippen molar-refractivity contribution in [3.05, 3.63) is 54.0 Å². The zero-order chi connectivity index (χ0) is 15.5. The highest BCUT2D eigenvalue weighted by Crippen LogP contribution is 2.27. The van der Waals surface area contributed by atoms with Crippen LogP contribution in [0.15, 0.2) is 47.1 Å². The molecule has 1 N–H and O–H groups in total. The molecule has 1 atom stereocenters. The van der Waals surface area contributed by atoms with Crippen molar-refractivity contribution in [2.75, 3.05) is 11.4 Å². The van der Waals surface area contributed by atoms with Gasteiger partial charge >= 0.3 is 0 Å². The molecular formula is C17H18N2O3. The van der Waals surface area contributed by atoms with E-state index in [9.17, 15) is 9.59 Å². The fourth-order valence-electron chi connectivity index (χ4n) is 2.71. The van der Waals surface area contributed by atoms with E-state index >= 15 is 0 Å². The SMILES string of the molecule is Cc1ccccc1N1C[C@@H](C(=O)NCc2ccco2)CC1=O. The second-order valence-corrected chi connectivity index (χ2v) is 5.49. The van der Waals surface area contributed by atoms with Crippen molar-refractivity contribution in [2.24, 2.45) is 5.92 Å². The quantitative estimate of drug-likeness (QED) is 0.941. The minimum absolute atomic E-state index is 0.00699. The number of hydrogen-bond acceptors (Lipinski definition) is 3. The molecule has 0 unspecified atom stereocenters. The van der Waals surface area contributed by atoms with Crippen LogP contribution in [0, 0.1) is 12.8 Å². The van der Waals surface area contributed by atoms with Crippen LogP contribution < -0.4 is 10.2 Å². The van der Waals surface area contributed by atoms with E-state index in [1.165, 1.54) is 0 Å². The van der Waals surface area contributed by atoms with Gasteiger partial charge in [0.05, 0.1) is 18.7 Å². The summed E-state index contributed by atoms with van der Waals surface area (Å²) in [5.41, 5.74) is 1.92. The largest absolute Gasteiger partial charge is 0.467 e. The third-order valence-electron chi connectivity index (χ3n) is 3.92. The Morgan fingerprint density at radius 2 is 2.14 bits per heavy atom. The van der Waals surface area contributed by atoms with Gasteiger partial charge in [0, 0.05) is 18.7 Å². The van der Waals surface area contributed by atoms with Gasteiger partial charge in [-0.25, -0.2) is 0 Å². The molecule has 1 aliphatic rings. The monoisotopic (exact) mass is 298 g/mol. The summed E-state index contributed by atoms with van der Waals surface area (Å²) in [5, 5.41) is 2.82. The van der Waals surface area contributed by atoms with Crippen molar-refractivity contribution < 1.29 is 14.0 Å². The number of nitrogens with one attached hydrogen (secondary N) is 1. The van der Waals surface area contributed by atoms with Crippen molar-refractivity contribution in [3.8, 4) is 0 Å². The van der Waals surface area contributed by atoms with E-state index < -0.39 is 0 Å². The highest BCUT2D eigenvalue weighted by atomic mass is 16.3. The lowest BCUT2D eigenvalue weighted by atomic mass is 10.1. The Bertz CT molecular complexity index is 679. The second kappa shape index (κ2) is 6.05. The third kappa shape index (κ3) is 2.88. The molecule has 2 heterocycles. The molecule has 1 fully saturated rings. The number of para-hydroxylation sites is 1. The molecule has 1 aromatic heterocycles. The number of hydrogen-bond donors (Lipinski definition) is 1. The van der Waals surface area contributed by atoms with Crippen molar-refractivity contribution >= 4 is 17.5 Å². The number of amides is 2. The Balaban J connectivity index is 1.64. The minimum atomic E-state index is -0.318. The number of carbonyl (C=O) groups excluding carboxylic acids is 2. The third-order valence-corrected chi connectivity index (χ3v) is 3.92. The molecule has 0 aliphatic carbocycles. The molecule has 3 rings (SSSR count). The molecule has 1 aromatic carbocycles. The lowest BCUT2D eigenvalue weighted by Crippen LogP contribution is -2.32. The maximum absolute atomic E-state index is 12.2. The van der Waals surface area contributed by atoms with Gasteiger partial charge in [0.15, 0.2) is 0 Å². The number of furan rings is 1. The van der Waals surface area contributed by atoms with Gasteiger partial charge in [-0.2, -0.15) is 0 Å². The van der Waals surface area contributed by atoms with Crippen LogP contribution in [0.4, 0.5) is 5.69 Å². The summed E-state index contributed by atoms with van der Waals surface area (Å²) in [6, 6.07) is 11.3. The summed E-state index contributed by atoms with van der Waals surface area (Å²) in [7, 11) is 0. The van der Waals surface area contributed by atoms with Crippen LogP contribution in [-0.2, 0) is 16.1 Å². The summed E-state index contributed by atoms with van der Waals surface area (Å²) < 4.78 is 5.18. The predicted molar refractivity (Wildman–Crippen MR) is 82.2 cm³/mol. The molecule has 1 aliphatic heterocycles. The molecule has 5 heteroatoms. The minimum Gasteiger partial charge on any atom is -0.467 e. The molecule has 5 nitrogen and oxygen atoms in total. The first-order valence-electron chi connectivity index (χ1n) is 7.31.